The molecule has 1 heterocycles. The minimum absolute atomic E-state index is 0.574. The fraction of sp³-hybridized carbons (Fsp3) is 0.714. The molecule has 0 bridgehead atoms. The molecule has 1 aromatic rings. The van der Waals surface area contributed by atoms with Gasteiger partial charge in [-0.05, 0) is 19.3 Å². The quantitative estimate of drug-likeness (QED) is 0.695. The van der Waals surface area contributed by atoms with Crippen molar-refractivity contribution in [2.24, 2.45) is 5.92 Å². The smallest absolute Gasteiger partial charge is 0.133 e. The van der Waals surface area contributed by atoms with Gasteiger partial charge < -0.3 is 10.6 Å². The third kappa shape index (κ3) is 5.34. The van der Waals surface area contributed by atoms with Crippen molar-refractivity contribution < 1.29 is 0 Å². The van der Waals surface area contributed by atoms with Crippen LogP contribution in [0.5, 0.6) is 0 Å². The van der Waals surface area contributed by atoms with Crippen molar-refractivity contribution >= 4 is 11.6 Å². The fourth-order valence-electron chi connectivity index (χ4n) is 1.71. The molecular weight excluding hydrogens is 224 g/mol. The van der Waals surface area contributed by atoms with E-state index in [9.17, 15) is 0 Å². The van der Waals surface area contributed by atoms with Crippen LogP contribution in [-0.2, 0) is 6.42 Å². The average molecular weight is 250 g/mol. The second-order valence-corrected chi connectivity index (χ2v) is 4.96. The summed E-state index contributed by atoms with van der Waals surface area (Å²) in [5.41, 5.74) is 0. The molecule has 0 spiro atoms. The minimum atomic E-state index is 0.574. The first-order chi connectivity index (χ1) is 8.65. The molecule has 102 valence electrons. The van der Waals surface area contributed by atoms with E-state index < -0.39 is 0 Å². The number of aromatic nitrogens is 2. The van der Waals surface area contributed by atoms with Gasteiger partial charge in [0, 0.05) is 25.6 Å². The molecule has 4 heteroatoms. The van der Waals surface area contributed by atoms with Crippen LogP contribution in [0, 0.1) is 5.92 Å². The van der Waals surface area contributed by atoms with Crippen molar-refractivity contribution in [3.05, 3.63) is 11.9 Å². The van der Waals surface area contributed by atoms with E-state index in [0.717, 1.165) is 37.0 Å². The number of unbranched alkanes of at least 4 members (excludes halogenated alkanes) is 1. The molecule has 1 aromatic heterocycles. The lowest BCUT2D eigenvalue weighted by Crippen LogP contribution is -2.10. The number of nitrogens with zero attached hydrogens (tertiary/aromatic N) is 2. The Kier molecular flexibility index (Phi) is 6.47. The Morgan fingerprint density at radius 1 is 1.11 bits per heavy atom. The highest BCUT2D eigenvalue weighted by atomic mass is 15.1. The maximum Gasteiger partial charge on any atom is 0.133 e. The van der Waals surface area contributed by atoms with E-state index in [2.05, 4.69) is 48.3 Å². The van der Waals surface area contributed by atoms with Crippen LogP contribution in [0.25, 0.3) is 0 Å². The van der Waals surface area contributed by atoms with Gasteiger partial charge in [0.1, 0.15) is 17.5 Å². The van der Waals surface area contributed by atoms with E-state index in [0.29, 0.717) is 5.92 Å². The Morgan fingerprint density at radius 3 is 2.33 bits per heavy atom. The summed E-state index contributed by atoms with van der Waals surface area (Å²) in [6, 6.07) is 1.99. The van der Waals surface area contributed by atoms with Crippen LogP contribution in [0.2, 0.25) is 0 Å². The topological polar surface area (TPSA) is 49.8 Å². The highest BCUT2D eigenvalue weighted by Gasteiger charge is 2.06. The first-order valence-corrected chi connectivity index (χ1v) is 7.01. The van der Waals surface area contributed by atoms with E-state index in [4.69, 9.17) is 0 Å². The van der Waals surface area contributed by atoms with Crippen molar-refractivity contribution in [1.29, 1.82) is 0 Å². The van der Waals surface area contributed by atoms with E-state index >= 15 is 0 Å². The molecule has 1 rings (SSSR count). The number of hydrogen-bond donors (Lipinski definition) is 2. The Balaban J connectivity index is 2.77. The lowest BCUT2D eigenvalue weighted by atomic mass is 10.1. The first kappa shape index (κ1) is 14.7. The van der Waals surface area contributed by atoms with Crippen LogP contribution >= 0.6 is 0 Å². The molecule has 18 heavy (non-hydrogen) atoms. The van der Waals surface area contributed by atoms with Gasteiger partial charge in [-0.1, -0.05) is 27.2 Å². The van der Waals surface area contributed by atoms with E-state index in [1.54, 1.807) is 0 Å². The second kappa shape index (κ2) is 7.90. The van der Waals surface area contributed by atoms with E-state index in [-0.39, 0.29) is 0 Å². The number of nitrogens with one attached hydrogen (secondary N) is 2. The van der Waals surface area contributed by atoms with Gasteiger partial charge in [-0.3, -0.25) is 0 Å². The highest BCUT2D eigenvalue weighted by molar-refractivity contribution is 5.47. The summed E-state index contributed by atoms with van der Waals surface area (Å²) in [6.45, 7) is 10.5. The summed E-state index contributed by atoms with van der Waals surface area (Å²) in [6.07, 6.45) is 3.28. The average Bonchev–Trinajstić information content (AvgIpc) is 2.28. The standard InChI is InChI=1S/C14H26N4/c1-5-7-8-16-13-10-12(15-6-2)17-14(18-13)9-11(3)4/h10-11H,5-9H2,1-4H3,(H2,15,16,17,18). The van der Waals surface area contributed by atoms with Gasteiger partial charge in [-0.2, -0.15) is 0 Å². The van der Waals surface area contributed by atoms with Gasteiger partial charge in [0.05, 0.1) is 0 Å². The lowest BCUT2D eigenvalue weighted by molar-refractivity contribution is 0.621. The third-order valence-electron chi connectivity index (χ3n) is 2.56. The summed E-state index contributed by atoms with van der Waals surface area (Å²) in [4.78, 5) is 9.09. The normalized spacial score (nSPS) is 10.7. The molecule has 0 saturated heterocycles. The van der Waals surface area contributed by atoms with Gasteiger partial charge in [-0.15, -0.1) is 0 Å². The summed E-state index contributed by atoms with van der Waals surface area (Å²) in [5, 5.41) is 6.63. The minimum Gasteiger partial charge on any atom is -0.370 e. The molecule has 2 N–H and O–H groups in total. The predicted octanol–water partition coefficient (Wildman–Crippen LogP) is 3.32. The highest BCUT2D eigenvalue weighted by Crippen LogP contribution is 2.14. The molecule has 0 aliphatic rings. The molecule has 0 atom stereocenters. The zero-order chi connectivity index (χ0) is 13.4. The number of hydrogen-bond acceptors (Lipinski definition) is 4. The molecular formula is C14H26N4. The molecule has 4 nitrogen and oxygen atoms in total. The van der Waals surface area contributed by atoms with Gasteiger partial charge in [-0.25, -0.2) is 9.97 Å². The number of rotatable bonds is 8. The van der Waals surface area contributed by atoms with Gasteiger partial charge in [0.25, 0.3) is 0 Å². The largest absolute Gasteiger partial charge is 0.370 e. The summed E-state index contributed by atoms with van der Waals surface area (Å²) in [7, 11) is 0. The fourth-order valence-corrected chi connectivity index (χ4v) is 1.71. The van der Waals surface area contributed by atoms with Crippen LogP contribution in [-0.4, -0.2) is 23.1 Å². The molecule has 0 saturated carbocycles. The van der Waals surface area contributed by atoms with Crippen LogP contribution < -0.4 is 10.6 Å². The molecule has 0 radical (unpaired) electrons. The SMILES string of the molecule is CCCCNc1cc(NCC)nc(CC(C)C)n1. The molecule has 0 fully saturated rings. The summed E-state index contributed by atoms with van der Waals surface area (Å²) < 4.78 is 0. The second-order valence-electron chi connectivity index (χ2n) is 4.96. The van der Waals surface area contributed by atoms with Crippen LogP contribution in [0.3, 0.4) is 0 Å². The van der Waals surface area contributed by atoms with E-state index in [1.165, 1.54) is 12.8 Å². The summed E-state index contributed by atoms with van der Waals surface area (Å²) >= 11 is 0. The van der Waals surface area contributed by atoms with Gasteiger partial charge >= 0.3 is 0 Å². The zero-order valence-corrected chi connectivity index (χ0v) is 12.1. The van der Waals surface area contributed by atoms with Crippen LogP contribution in [0.1, 0.15) is 46.4 Å². The van der Waals surface area contributed by atoms with E-state index in [1.807, 2.05) is 6.07 Å². The predicted molar refractivity (Wildman–Crippen MR) is 78.1 cm³/mol. The summed E-state index contributed by atoms with van der Waals surface area (Å²) in [5.74, 6) is 3.35. The van der Waals surface area contributed by atoms with Crippen LogP contribution in [0.4, 0.5) is 11.6 Å². The Labute approximate surface area is 111 Å². The van der Waals surface area contributed by atoms with Crippen molar-refractivity contribution in [3.8, 4) is 0 Å². The van der Waals surface area contributed by atoms with Crippen LogP contribution in [0.15, 0.2) is 6.07 Å². The number of anilines is 2. The molecule has 0 aliphatic carbocycles. The molecule has 0 unspecified atom stereocenters. The monoisotopic (exact) mass is 250 g/mol. The van der Waals surface area contributed by atoms with Crippen molar-refractivity contribution in [1.82, 2.24) is 9.97 Å². The maximum absolute atomic E-state index is 4.57. The van der Waals surface area contributed by atoms with Crippen molar-refractivity contribution in [2.75, 3.05) is 23.7 Å². The van der Waals surface area contributed by atoms with Crippen molar-refractivity contribution in [2.45, 2.75) is 47.0 Å². The molecule has 0 amide bonds. The lowest BCUT2D eigenvalue weighted by Gasteiger charge is -2.11. The zero-order valence-electron chi connectivity index (χ0n) is 12.1. The van der Waals surface area contributed by atoms with Gasteiger partial charge in [0.15, 0.2) is 0 Å². The molecule has 0 aliphatic heterocycles. The van der Waals surface area contributed by atoms with Crippen molar-refractivity contribution in [3.63, 3.8) is 0 Å². The van der Waals surface area contributed by atoms with Gasteiger partial charge in [0.2, 0.25) is 0 Å². The maximum atomic E-state index is 4.57. The Bertz CT molecular complexity index is 350. The Hall–Kier alpha value is -1.32. The first-order valence-electron chi connectivity index (χ1n) is 7.01. The molecule has 0 aromatic carbocycles. The Morgan fingerprint density at radius 2 is 1.78 bits per heavy atom. The third-order valence-corrected chi connectivity index (χ3v) is 2.56.